The number of benzene rings is 2. The molecule has 0 spiro atoms. The highest BCUT2D eigenvalue weighted by Crippen LogP contribution is 2.42. The van der Waals surface area contributed by atoms with Crippen molar-refractivity contribution in [2.45, 2.75) is 57.0 Å². The molecule has 0 N–H and O–H groups in total. The predicted molar refractivity (Wildman–Crippen MR) is 125 cm³/mol. The van der Waals surface area contributed by atoms with Gasteiger partial charge in [0.2, 0.25) is 17.7 Å². The van der Waals surface area contributed by atoms with Crippen LogP contribution in [0.1, 0.15) is 48.8 Å². The molecular formula is C27H30N2O5. The van der Waals surface area contributed by atoms with E-state index in [1.807, 2.05) is 61.5 Å². The number of rotatable bonds is 6. The summed E-state index contributed by atoms with van der Waals surface area (Å²) in [6, 6.07) is 16.1. The highest BCUT2D eigenvalue weighted by Gasteiger charge is 2.55. The zero-order valence-electron chi connectivity index (χ0n) is 19.7. The van der Waals surface area contributed by atoms with Crippen molar-refractivity contribution in [3.63, 3.8) is 0 Å². The van der Waals surface area contributed by atoms with Gasteiger partial charge in [-0.05, 0) is 42.9 Å². The first-order valence-electron chi connectivity index (χ1n) is 11.7. The van der Waals surface area contributed by atoms with Gasteiger partial charge in [-0.3, -0.25) is 19.3 Å². The second kappa shape index (κ2) is 9.79. The number of nitrogens with zero attached hydrogens (tertiary/aromatic N) is 2. The Kier molecular flexibility index (Phi) is 6.82. The average Bonchev–Trinajstić information content (AvgIpc) is 3.09. The first-order valence-corrected chi connectivity index (χ1v) is 11.7. The van der Waals surface area contributed by atoms with E-state index in [1.165, 1.54) is 16.9 Å². The minimum Gasteiger partial charge on any atom is -0.467 e. The number of hydrogen-bond acceptors (Lipinski definition) is 5. The van der Waals surface area contributed by atoms with Crippen LogP contribution in [0, 0.1) is 6.92 Å². The Hall–Kier alpha value is -3.48. The minimum absolute atomic E-state index is 0.0774. The van der Waals surface area contributed by atoms with E-state index in [1.54, 1.807) is 0 Å². The van der Waals surface area contributed by atoms with Crippen molar-refractivity contribution >= 4 is 23.7 Å². The molecule has 2 aromatic carbocycles. The largest absolute Gasteiger partial charge is 0.467 e. The van der Waals surface area contributed by atoms with Crippen LogP contribution in [0.5, 0.6) is 0 Å². The first-order chi connectivity index (χ1) is 16.4. The van der Waals surface area contributed by atoms with E-state index in [0.717, 1.165) is 24.0 Å². The summed E-state index contributed by atoms with van der Waals surface area (Å²) in [4.78, 5) is 55.9. The molecule has 4 rings (SSSR count). The molecule has 3 amide bonds. The topological polar surface area (TPSA) is 84.0 Å². The third-order valence-electron chi connectivity index (χ3n) is 7.00. The fraction of sp³-hybridized carbons (Fsp3) is 0.407. The molecule has 2 aliphatic rings. The molecule has 0 saturated carbocycles. The molecule has 2 atom stereocenters. The standard InChI is InChI=1S/C27H30N2O5/c1-19-10-6-7-13-21(19)27(16-23(30)28-15-9-8-14-22(28)25(32)34-2)17-24(31)29(26(27)33)18-20-11-4-3-5-12-20/h3-7,10-13,22H,8-9,14-18H2,1-2H3/t22-,27-/m1/s1. The van der Waals surface area contributed by atoms with Crippen molar-refractivity contribution in [3.05, 3.63) is 71.3 Å². The van der Waals surface area contributed by atoms with Gasteiger partial charge in [0.25, 0.3) is 0 Å². The third kappa shape index (κ3) is 4.34. The van der Waals surface area contributed by atoms with Crippen molar-refractivity contribution in [1.29, 1.82) is 0 Å². The van der Waals surface area contributed by atoms with E-state index in [0.29, 0.717) is 18.5 Å². The molecule has 2 aromatic rings. The van der Waals surface area contributed by atoms with Gasteiger partial charge in [-0.1, -0.05) is 54.6 Å². The molecule has 2 fully saturated rings. The second-order valence-corrected chi connectivity index (χ2v) is 9.14. The summed E-state index contributed by atoms with van der Waals surface area (Å²) in [6.07, 6.45) is 1.90. The van der Waals surface area contributed by atoms with Crippen molar-refractivity contribution in [1.82, 2.24) is 9.80 Å². The normalized spacial score (nSPS) is 22.7. The molecule has 34 heavy (non-hydrogen) atoms. The van der Waals surface area contributed by atoms with Gasteiger partial charge in [0.05, 0.1) is 19.1 Å². The van der Waals surface area contributed by atoms with Gasteiger partial charge in [-0.2, -0.15) is 0 Å². The van der Waals surface area contributed by atoms with E-state index in [-0.39, 0.29) is 37.1 Å². The maximum atomic E-state index is 13.9. The minimum atomic E-state index is -1.30. The van der Waals surface area contributed by atoms with E-state index < -0.39 is 17.4 Å². The molecule has 7 heteroatoms. The Labute approximate surface area is 199 Å². The molecule has 0 radical (unpaired) electrons. The SMILES string of the molecule is COC(=O)[C@H]1CCCCN1C(=O)C[C@]1(c2ccccc2C)CC(=O)N(Cc2ccccc2)C1=O. The van der Waals surface area contributed by atoms with Gasteiger partial charge in [-0.15, -0.1) is 0 Å². The van der Waals surface area contributed by atoms with Crippen LogP contribution in [0.4, 0.5) is 0 Å². The van der Waals surface area contributed by atoms with Crippen LogP contribution in [-0.2, 0) is 35.9 Å². The highest BCUT2D eigenvalue weighted by atomic mass is 16.5. The molecule has 2 aliphatic heterocycles. The number of imide groups is 1. The van der Waals surface area contributed by atoms with Crippen LogP contribution < -0.4 is 0 Å². The molecule has 0 aromatic heterocycles. The summed E-state index contributed by atoms with van der Waals surface area (Å²) in [5.74, 6) is -1.41. The lowest BCUT2D eigenvalue weighted by molar-refractivity contribution is -0.155. The number of esters is 1. The summed E-state index contributed by atoms with van der Waals surface area (Å²) in [5, 5.41) is 0. The smallest absolute Gasteiger partial charge is 0.328 e. The predicted octanol–water partition coefficient (Wildman–Crippen LogP) is 3.14. The lowest BCUT2D eigenvalue weighted by Gasteiger charge is -2.36. The lowest BCUT2D eigenvalue weighted by Crippen LogP contribution is -2.51. The Morgan fingerprint density at radius 2 is 1.74 bits per heavy atom. The molecule has 0 bridgehead atoms. The van der Waals surface area contributed by atoms with Gasteiger partial charge in [0.1, 0.15) is 6.04 Å². The van der Waals surface area contributed by atoms with E-state index in [2.05, 4.69) is 0 Å². The van der Waals surface area contributed by atoms with Crippen LogP contribution in [0.3, 0.4) is 0 Å². The van der Waals surface area contributed by atoms with Crippen LogP contribution in [0.2, 0.25) is 0 Å². The van der Waals surface area contributed by atoms with E-state index in [9.17, 15) is 19.2 Å². The molecule has 178 valence electrons. The van der Waals surface area contributed by atoms with E-state index >= 15 is 0 Å². The van der Waals surface area contributed by atoms with Crippen LogP contribution in [0.25, 0.3) is 0 Å². The first kappa shape index (κ1) is 23.7. The Bertz CT molecular complexity index is 1100. The molecule has 2 saturated heterocycles. The number of hydrogen-bond donors (Lipinski definition) is 0. The second-order valence-electron chi connectivity index (χ2n) is 9.14. The van der Waals surface area contributed by atoms with E-state index in [4.69, 9.17) is 4.74 Å². The maximum Gasteiger partial charge on any atom is 0.328 e. The number of methoxy groups -OCH3 is 1. The number of piperidine rings is 1. The summed E-state index contributed by atoms with van der Waals surface area (Å²) in [5.41, 5.74) is 1.08. The third-order valence-corrected chi connectivity index (χ3v) is 7.00. The molecule has 0 unspecified atom stereocenters. The van der Waals surface area contributed by atoms with Crippen LogP contribution in [-0.4, -0.2) is 53.2 Å². The number of amides is 3. The summed E-state index contributed by atoms with van der Waals surface area (Å²) in [6.45, 7) is 2.48. The van der Waals surface area contributed by atoms with Crippen LogP contribution in [0.15, 0.2) is 54.6 Å². The summed E-state index contributed by atoms with van der Waals surface area (Å²) < 4.78 is 4.93. The molecule has 2 heterocycles. The number of carbonyl (C=O) groups excluding carboxylic acids is 4. The van der Waals surface area contributed by atoms with Gasteiger partial charge < -0.3 is 9.64 Å². The quantitative estimate of drug-likeness (QED) is 0.487. The van der Waals surface area contributed by atoms with Crippen LogP contribution >= 0.6 is 0 Å². The van der Waals surface area contributed by atoms with Crippen molar-refractivity contribution in [3.8, 4) is 0 Å². The zero-order valence-corrected chi connectivity index (χ0v) is 19.7. The average molecular weight is 463 g/mol. The number of ether oxygens (including phenoxy) is 1. The fourth-order valence-corrected chi connectivity index (χ4v) is 5.25. The van der Waals surface area contributed by atoms with Gasteiger partial charge in [0, 0.05) is 19.4 Å². The molecular weight excluding hydrogens is 432 g/mol. The Balaban J connectivity index is 1.70. The van der Waals surface area contributed by atoms with Gasteiger partial charge >= 0.3 is 5.97 Å². The fourth-order valence-electron chi connectivity index (χ4n) is 5.25. The number of carbonyl (C=O) groups is 4. The number of aryl methyl sites for hydroxylation is 1. The van der Waals surface area contributed by atoms with Crippen molar-refractivity contribution in [2.24, 2.45) is 0 Å². The molecule has 0 aliphatic carbocycles. The lowest BCUT2D eigenvalue weighted by atomic mass is 9.73. The Morgan fingerprint density at radius 3 is 2.44 bits per heavy atom. The summed E-state index contributed by atoms with van der Waals surface area (Å²) in [7, 11) is 1.31. The summed E-state index contributed by atoms with van der Waals surface area (Å²) >= 11 is 0. The van der Waals surface area contributed by atoms with Gasteiger partial charge in [-0.25, -0.2) is 4.79 Å². The zero-order chi connectivity index (χ0) is 24.3. The molecule has 7 nitrogen and oxygen atoms in total. The van der Waals surface area contributed by atoms with Gasteiger partial charge in [0.15, 0.2) is 0 Å². The van der Waals surface area contributed by atoms with Crippen molar-refractivity contribution in [2.75, 3.05) is 13.7 Å². The Morgan fingerprint density at radius 1 is 1.03 bits per heavy atom. The maximum absolute atomic E-state index is 13.9. The number of likely N-dealkylation sites (tertiary alicyclic amines) is 2. The monoisotopic (exact) mass is 462 g/mol. The van der Waals surface area contributed by atoms with Crippen molar-refractivity contribution < 1.29 is 23.9 Å². The highest BCUT2D eigenvalue weighted by molar-refractivity contribution is 6.11.